The van der Waals surface area contributed by atoms with Crippen LogP contribution in [-0.2, 0) is 5.41 Å². The van der Waals surface area contributed by atoms with Gasteiger partial charge in [0.1, 0.15) is 0 Å². The van der Waals surface area contributed by atoms with Gasteiger partial charge in [-0.1, -0.05) is 26.8 Å². The van der Waals surface area contributed by atoms with Crippen LogP contribution in [0.15, 0.2) is 12.1 Å². The fourth-order valence-corrected chi connectivity index (χ4v) is 1.13. The predicted molar refractivity (Wildman–Crippen MR) is 54.2 cm³/mol. The maximum absolute atomic E-state index is 5.17. The van der Waals surface area contributed by atoms with Crippen LogP contribution in [0, 0.1) is 6.92 Å². The molecule has 0 fully saturated rings. The Kier molecular flexibility index (Phi) is 2.60. The molecule has 0 spiro atoms. The second kappa shape index (κ2) is 3.36. The van der Waals surface area contributed by atoms with Crippen molar-refractivity contribution >= 4 is 0 Å². The fourth-order valence-electron chi connectivity index (χ4n) is 1.13. The van der Waals surface area contributed by atoms with Crippen molar-refractivity contribution in [1.82, 2.24) is 4.98 Å². The first-order chi connectivity index (χ1) is 5.95. The Bertz CT molecular complexity index is 299. The van der Waals surface area contributed by atoms with Gasteiger partial charge in [-0.25, -0.2) is 4.98 Å². The van der Waals surface area contributed by atoms with Crippen molar-refractivity contribution in [2.24, 2.45) is 0 Å². The van der Waals surface area contributed by atoms with Crippen LogP contribution in [0.2, 0.25) is 0 Å². The number of aryl methyl sites for hydroxylation is 1. The van der Waals surface area contributed by atoms with Crippen LogP contribution < -0.4 is 4.74 Å². The maximum atomic E-state index is 5.17. The zero-order chi connectivity index (χ0) is 10.1. The van der Waals surface area contributed by atoms with Gasteiger partial charge in [-0.05, 0) is 13.0 Å². The van der Waals surface area contributed by atoms with Gasteiger partial charge in [0.05, 0.1) is 7.11 Å². The highest BCUT2D eigenvalue weighted by molar-refractivity contribution is 5.29. The lowest BCUT2D eigenvalue weighted by molar-refractivity contribution is 0.388. The lowest BCUT2D eigenvalue weighted by Gasteiger charge is -2.18. The smallest absolute Gasteiger partial charge is 0.216 e. The van der Waals surface area contributed by atoms with Crippen LogP contribution in [0.3, 0.4) is 0 Å². The molecule has 13 heavy (non-hydrogen) atoms. The minimum atomic E-state index is 0.0843. The first kappa shape index (κ1) is 10.0. The summed E-state index contributed by atoms with van der Waals surface area (Å²) < 4.78 is 5.17. The van der Waals surface area contributed by atoms with Crippen LogP contribution >= 0.6 is 0 Å². The van der Waals surface area contributed by atoms with Crippen molar-refractivity contribution in [3.63, 3.8) is 0 Å². The summed E-state index contributed by atoms with van der Waals surface area (Å²) in [6.45, 7) is 8.43. The van der Waals surface area contributed by atoms with Crippen molar-refractivity contribution < 1.29 is 4.74 Å². The summed E-state index contributed by atoms with van der Waals surface area (Å²) in [7, 11) is 1.65. The van der Waals surface area contributed by atoms with E-state index in [1.807, 2.05) is 13.0 Å². The number of methoxy groups -OCH3 is 1. The molecule has 72 valence electrons. The number of aromatic nitrogens is 1. The van der Waals surface area contributed by atoms with Gasteiger partial charge in [0, 0.05) is 16.7 Å². The van der Waals surface area contributed by atoms with E-state index in [9.17, 15) is 0 Å². The number of rotatable bonds is 1. The highest BCUT2D eigenvalue weighted by Gasteiger charge is 2.16. The average Bonchev–Trinajstić information content (AvgIpc) is 2.03. The summed E-state index contributed by atoms with van der Waals surface area (Å²) in [5.74, 6) is 0.729. The second-order valence-electron chi connectivity index (χ2n) is 4.27. The third kappa shape index (κ3) is 2.20. The Morgan fingerprint density at radius 3 is 2.31 bits per heavy atom. The summed E-state index contributed by atoms with van der Waals surface area (Å²) in [6.07, 6.45) is 0. The van der Waals surface area contributed by atoms with Gasteiger partial charge in [-0.3, -0.25) is 0 Å². The number of nitrogens with zero attached hydrogens (tertiary/aromatic N) is 1. The van der Waals surface area contributed by atoms with E-state index in [-0.39, 0.29) is 5.41 Å². The summed E-state index contributed by atoms with van der Waals surface area (Å²) in [4.78, 5) is 4.44. The van der Waals surface area contributed by atoms with Crippen molar-refractivity contribution in [1.29, 1.82) is 0 Å². The molecule has 1 aromatic rings. The summed E-state index contributed by atoms with van der Waals surface area (Å²) in [5, 5.41) is 0. The quantitative estimate of drug-likeness (QED) is 0.661. The Hall–Kier alpha value is -1.05. The van der Waals surface area contributed by atoms with Gasteiger partial charge in [0.15, 0.2) is 0 Å². The normalized spacial score (nSPS) is 11.5. The molecule has 1 rings (SSSR count). The first-order valence-corrected chi connectivity index (χ1v) is 4.47. The standard InChI is InChI=1S/C11H17NO/c1-8-6-7-9(11(2,3)4)12-10(8)13-5/h6-7H,1-5H3. The zero-order valence-corrected chi connectivity index (χ0v) is 9.01. The number of pyridine rings is 1. The molecular formula is C11H17NO. The molecule has 0 N–H and O–H groups in total. The molecule has 0 saturated heterocycles. The molecule has 0 aliphatic rings. The van der Waals surface area contributed by atoms with Crippen molar-refractivity contribution in [3.05, 3.63) is 23.4 Å². The summed E-state index contributed by atoms with van der Waals surface area (Å²) in [6, 6.07) is 4.10. The van der Waals surface area contributed by atoms with Gasteiger partial charge < -0.3 is 4.74 Å². The predicted octanol–water partition coefficient (Wildman–Crippen LogP) is 2.70. The van der Waals surface area contributed by atoms with Gasteiger partial charge in [-0.15, -0.1) is 0 Å². The van der Waals surface area contributed by atoms with Crippen LogP contribution in [0.25, 0.3) is 0 Å². The van der Waals surface area contributed by atoms with E-state index < -0.39 is 0 Å². The van der Waals surface area contributed by atoms with Gasteiger partial charge in [0.25, 0.3) is 0 Å². The van der Waals surface area contributed by atoms with E-state index in [0.717, 1.165) is 17.1 Å². The Morgan fingerprint density at radius 2 is 1.85 bits per heavy atom. The molecule has 1 aromatic heterocycles. The molecule has 2 heteroatoms. The molecule has 0 bridgehead atoms. The molecule has 0 aliphatic carbocycles. The molecule has 0 unspecified atom stereocenters. The molecule has 1 heterocycles. The Balaban J connectivity index is 3.14. The lowest BCUT2D eigenvalue weighted by Crippen LogP contribution is -2.14. The van der Waals surface area contributed by atoms with E-state index in [1.165, 1.54) is 0 Å². The lowest BCUT2D eigenvalue weighted by atomic mass is 9.91. The first-order valence-electron chi connectivity index (χ1n) is 4.47. The highest BCUT2D eigenvalue weighted by atomic mass is 16.5. The van der Waals surface area contributed by atoms with Gasteiger partial charge in [-0.2, -0.15) is 0 Å². The van der Waals surface area contributed by atoms with Crippen molar-refractivity contribution in [3.8, 4) is 5.88 Å². The van der Waals surface area contributed by atoms with E-state index in [1.54, 1.807) is 7.11 Å². The van der Waals surface area contributed by atoms with E-state index in [0.29, 0.717) is 0 Å². The fraction of sp³-hybridized carbons (Fsp3) is 0.545. The zero-order valence-electron chi connectivity index (χ0n) is 9.01. The third-order valence-electron chi connectivity index (χ3n) is 2.01. The van der Waals surface area contributed by atoms with Crippen LogP contribution in [0.1, 0.15) is 32.0 Å². The second-order valence-corrected chi connectivity index (χ2v) is 4.27. The minimum absolute atomic E-state index is 0.0843. The average molecular weight is 179 g/mol. The molecular weight excluding hydrogens is 162 g/mol. The van der Waals surface area contributed by atoms with E-state index >= 15 is 0 Å². The number of hydrogen-bond acceptors (Lipinski definition) is 2. The van der Waals surface area contributed by atoms with Gasteiger partial charge in [0.2, 0.25) is 5.88 Å². The topological polar surface area (TPSA) is 22.1 Å². The molecule has 0 radical (unpaired) electrons. The minimum Gasteiger partial charge on any atom is -0.481 e. The van der Waals surface area contributed by atoms with Crippen LogP contribution in [0.5, 0.6) is 5.88 Å². The molecule has 2 nitrogen and oxygen atoms in total. The molecule has 0 aliphatic heterocycles. The molecule has 0 saturated carbocycles. The largest absolute Gasteiger partial charge is 0.481 e. The van der Waals surface area contributed by atoms with E-state index in [4.69, 9.17) is 4.74 Å². The number of hydrogen-bond donors (Lipinski definition) is 0. The highest BCUT2D eigenvalue weighted by Crippen LogP contribution is 2.23. The Morgan fingerprint density at radius 1 is 1.23 bits per heavy atom. The summed E-state index contributed by atoms with van der Waals surface area (Å²) in [5.41, 5.74) is 2.23. The SMILES string of the molecule is COc1nc(C(C)(C)C)ccc1C. The molecule has 0 amide bonds. The van der Waals surface area contributed by atoms with Crippen molar-refractivity contribution in [2.75, 3.05) is 7.11 Å². The summed E-state index contributed by atoms with van der Waals surface area (Å²) >= 11 is 0. The van der Waals surface area contributed by atoms with Crippen LogP contribution in [-0.4, -0.2) is 12.1 Å². The maximum Gasteiger partial charge on any atom is 0.216 e. The van der Waals surface area contributed by atoms with Gasteiger partial charge >= 0.3 is 0 Å². The van der Waals surface area contributed by atoms with Crippen molar-refractivity contribution in [2.45, 2.75) is 33.1 Å². The van der Waals surface area contributed by atoms with Crippen LogP contribution in [0.4, 0.5) is 0 Å². The molecule has 0 aromatic carbocycles. The number of ether oxygens (including phenoxy) is 1. The Labute approximate surface area is 80.0 Å². The monoisotopic (exact) mass is 179 g/mol. The molecule has 0 atom stereocenters. The third-order valence-corrected chi connectivity index (χ3v) is 2.01. The van der Waals surface area contributed by atoms with E-state index in [2.05, 4.69) is 31.8 Å².